The smallest absolute Gasteiger partial charge is 0.232 e. The van der Waals surface area contributed by atoms with Gasteiger partial charge in [-0.1, -0.05) is 24.9 Å². The molecule has 0 amide bonds. The van der Waals surface area contributed by atoms with Crippen molar-refractivity contribution in [1.82, 2.24) is 15.5 Å². The Morgan fingerprint density at radius 3 is 2.88 bits per heavy atom. The van der Waals surface area contributed by atoms with Gasteiger partial charge in [-0.25, -0.2) is 0 Å². The summed E-state index contributed by atoms with van der Waals surface area (Å²) in [6.45, 7) is 4.61. The maximum Gasteiger partial charge on any atom is 0.232 e. The first-order valence-corrected chi connectivity index (χ1v) is 6.44. The van der Waals surface area contributed by atoms with E-state index in [9.17, 15) is 0 Å². The van der Waals surface area contributed by atoms with E-state index < -0.39 is 0 Å². The molecule has 1 aromatic rings. The lowest BCUT2D eigenvalue weighted by atomic mass is 9.89. The van der Waals surface area contributed by atoms with Crippen molar-refractivity contribution < 1.29 is 9.26 Å². The number of nitrogens with one attached hydrogen (secondary N) is 1. The lowest BCUT2D eigenvalue weighted by Gasteiger charge is -2.20. The largest absolute Gasteiger partial charge is 0.367 e. The zero-order valence-corrected chi connectivity index (χ0v) is 10.2. The van der Waals surface area contributed by atoms with Crippen molar-refractivity contribution >= 4 is 0 Å². The summed E-state index contributed by atoms with van der Waals surface area (Å²) in [4.78, 5) is 4.54. The van der Waals surface area contributed by atoms with Crippen molar-refractivity contribution in [3.8, 4) is 0 Å². The summed E-state index contributed by atoms with van der Waals surface area (Å²) < 4.78 is 11.1. The molecule has 1 aliphatic carbocycles. The summed E-state index contributed by atoms with van der Waals surface area (Å²) in [6.07, 6.45) is 4.77. The van der Waals surface area contributed by atoms with Gasteiger partial charge in [0, 0.05) is 18.5 Å². The van der Waals surface area contributed by atoms with Gasteiger partial charge in [-0.05, 0) is 12.8 Å². The zero-order valence-electron chi connectivity index (χ0n) is 10.2. The number of hydrogen-bond acceptors (Lipinski definition) is 5. The van der Waals surface area contributed by atoms with Crippen LogP contribution in [0.5, 0.6) is 0 Å². The van der Waals surface area contributed by atoms with E-state index in [1.807, 2.05) is 0 Å². The van der Waals surface area contributed by atoms with Gasteiger partial charge in [0.05, 0.1) is 6.61 Å². The molecule has 0 radical (unpaired) electrons. The summed E-state index contributed by atoms with van der Waals surface area (Å²) in [5.74, 6) is 1.49. The summed E-state index contributed by atoms with van der Waals surface area (Å²) in [6, 6.07) is 0. The second-order valence-corrected chi connectivity index (χ2v) is 5.29. The molecule has 2 aliphatic rings. The highest BCUT2D eigenvalue weighted by Gasteiger charge is 2.36. The molecule has 0 spiro atoms. The number of ether oxygens (including phenoxy) is 1. The molecule has 0 aromatic carbocycles. The molecule has 2 fully saturated rings. The Hall–Kier alpha value is -0.940. The van der Waals surface area contributed by atoms with E-state index in [0.29, 0.717) is 12.4 Å². The molecule has 5 heteroatoms. The van der Waals surface area contributed by atoms with Crippen molar-refractivity contribution in [3.63, 3.8) is 0 Å². The van der Waals surface area contributed by atoms with Crippen molar-refractivity contribution in [2.75, 3.05) is 19.7 Å². The molecule has 1 aliphatic heterocycles. The van der Waals surface area contributed by atoms with Gasteiger partial charge in [0.15, 0.2) is 0 Å². The Morgan fingerprint density at radius 2 is 2.18 bits per heavy atom. The Morgan fingerprint density at radius 1 is 1.35 bits per heavy atom. The topological polar surface area (TPSA) is 60.2 Å². The van der Waals surface area contributed by atoms with Gasteiger partial charge in [-0.3, -0.25) is 0 Å². The minimum atomic E-state index is -0.0498. The van der Waals surface area contributed by atoms with Crippen LogP contribution in [-0.4, -0.2) is 29.8 Å². The first-order valence-electron chi connectivity index (χ1n) is 6.44. The zero-order chi connectivity index (χ0) is 11.7. The standard InChI is InChI=1S/C12H19N3O2/c1-12(4-2-3-5-12)11-14-10(15-17-11)9-8-13-6-7-16-9/h9,13H,2-8H2,1H3. The number of nitrogens with zero attached hydrogens (tertiary/aromatic N) is 2. The highest BCUT2D eigenvalue weighted by molar-refractivity contribution is 5.07. The Balaban J connectivity index is 1.77. The molecular formula is C12H19N3O2. The van der Waals surface area contributed by atoms with Gasteiger partial charge in [0.1, 0.15) is 6.10 Å². The summed E-state index contributed by atoms with van der Waals surface area (Å²) in [5.41, 5.74) is 0.0906. The second-order valence-electron chi connectivity index (χ2n) is 5.29. The second kappa shape index (κ2) is 4.38. The molecule has 3 rings (SSSR count). The van der Waals surface area contributed by atoms with E-state index in [-0.39, 0.29) is 11.5 Å². The molecule has 1 unspecified atom stereocenters. The van der Waals surface area contributed by atoms with Crippen LogP contribution in [0.4, 0.5) is 0 Å². The van der Waals surface area contributed by atoms with Crippen LogP contribution in [0.3, 0.4) is 0 Å². The minimum absolute atomic E-state index is 0.0498. The summed E-state index contributed by atoms with van der Waals surface area (Å²) >= 11 is 0. The van der Waals surface area contributed by atoms with E-state index in [4.69, 9.17) is 9.26 Å². The first kappa shape index (κ1) is 11.2. The van der Waals surface area contributed by atoms with E-state index in [1.54, 1.807) is 0 Å². The van der Waals surface area contributed by atoms with Crippen molar-refractivity contribution in [2.45, 2.75) is 44.1 Å². The van der Waals surface area contributed by atoms with Gasteiger partial charge in [-0.2, -0.15) is 4.98 Å². The fourth-order valence-corrected chi connectivity index (χ4v) is 2.71. The van der Waals surface area contributed by atoms with Crippen LogP contribution < -0.4 is 5.32 Å². The monoisotopic (exact) mass is 237 g/mol. The van der Waals surface area contributed by atoms with Crippen LogP contribution in [0.2, 0.25) is 0 Å². The third kappa shape index (κ3) is 2.09. The molecule has 94 valence electrons. The van der Waals surface area contributed by atoms with Crippen LogP contribution >= 0.6 is 0 Å². The molecule has 1 saturated carbocycles. The van der Waals surface area contributed by atoms with Crippen molar-refractivity contribution in [1.29, 1.82) is 0 Å². The predicted molar refractivity (Wildman–Crippen MR) is 61.7 cm³/mol. The average molecular weight is 237 g/mol. The number of aromatic nitrogens is 2. The van der Waals surface area contributed by atoms with Crippen LogP contribution in [0.1, 0.15) is 50.4 Å². The van der Waals surface area contributed by atoms with Gasteiger partial charge in [-0.15, -0.1) is 0 Å². The average Bonchev–Trinajstić information content (AvgIpc) is 2.99. The number of rotatable bonds is 2. The SMILES string of the molecule is CC1(c2nc(C3CNCCO3)no2)CCCC1. The fourth-order valence-electron chi connectivity index (χ4n) is 2.71. The van der Waals surface area contributed by atoms with E-state index in [0.717, 1.165) is 31.8 Å². The van der Waals surface area contributed by atoms with Crippen LogP contribution in [0.25, 0.3) is 0 Å². The molecule has 17 heavy (non-hydrogen) atoms. The Labute approximate surface area is 101 Å². The highest BCUT2D eigenvalue weighted by Crippen LogP contribution is 2.39. The molecular weight excluding hydrogens is 218 g/mol. The van der Waals surface area contributed by atoms with Crippen LogP contribution in [0, 0.1) is 0 Å². The molecule has 1 atom stereocenters. The normalized spacial score (nSPS) is 28.4. The third-order valence-corrected chi connectivity index (χ3v) is 3.88. The van der Waals surface area contributed by atoms with Crippen molar-refractivity contribution in [2.24, 2.45) is 0 Å². The predicted octanol–water partition coefficient (Wildman–Crippen LogP) is 1.56. The molecule has 2 heterocycles. The van der Waals surface area contributed by atoms with Gasteiger partial charge >= 0.3 is 0 Å². The maximum atomic E-state index is 5.63. The molecule has 1 aromatic heterocycles. The van der Waals surface area contributed by atoms with Crippen molar-refractivity contribution in [3.05, 3.63) is 11.7 Å². The van der Waals surface area contributed by atoms with Crippen LogP contribution in [0.15, 0.2) is 4.52 Å². The quantitative estimate of drug-likeness (QED) is 0.846. The summed E-state index contributed by atoms with van der Waals surface area (Å²) in [7, 11) is 0. The molecule has 5 nitrogen and oxygen atoms in total. The Bertz CT molecular complexity index is 379. The maximum absolute atomic E-state index is 5.63. The fraction of sp³-hybridized carbons (Fsp3) is 0.833. The van der Waals surface area contributed by atoms with E-state index >= 15 is 0 Å². The number of hydrogen-bond donors (Lipinski definition) is 1. The summed E-state index contributed by atoms with van der Waals surface area (Å²) in [5, 5.41) is 7.35. The lowest BCUT2D eigenvalue weighted by molar-refractivity contribution is 0.0208. The van der Waals surface area contributed by atoms with Crippen LogP contribution in [-0.2, 0) is 10.2 Å². The number of morpholine rings is 1. The molecule has 0 bridgehead atoms. The molecule has 1 saturated heterocycles. The Kier molecular flexibility index (Phi) is 2.88. The van der Waals surface area contributed by atoms with E-state index in [1.165, 1.54) is 12.8 Å². The third-order valence-electron chi connectivity index (χ3n) is 3.88. The van der Waals surface area contributed by atoms with E-state index in [2.05, 4.69) is 22.4 Å². The van der Waals surface area contributed by atoms with Gasteiger partial charge < -0.3 is 14.6 Å². The van der Waals surface area contributed by atoms with Gasteiger partial charge in [0.2, 0.25) is 11.7 Å². The lowest BCUT2D eigenvalue weighted by Crippen LogP contribution is -2.34. The van der Waals surface area contributed by atoms with Gasteiger partial charge in [0.25, 0.3) is 0 Å². The molecule has 1 N–H and O–H groups in total. The first-order chi connectivity index (χ1) is 8.28. The highest BCUT2D eigenvalue weighted by atomic mass is 16.5. The minimum Gasteiger partial charge on any atom is -0.367 e.